The standard InChI is InChI=1S/C12H16ClNO2/c1-9(8-16-2)5-11(15)6-10-3-4-14-7-12(10)13/h3-4,7,9H,5-6,8H2,1-2H3. The zero-order valence-electron chi connectivity index (χ0n) is 9.57. The molecule has 1 atom stereocenters. The first-order chi connectivity index (χ1) is 7.63. The topological polar surface area (TPSA) is 39.2 Å². The Balaban J connectivity index is 2.49. The van der Waals surface area contributed by atoms with E-state index in [1.54, 1.807) is 25.6 Å². The van der Waals surface area contributed by atoms with Crippen LogP contribution in [0.25, 0.3) is 0 Å². The molecular formula is C12H16ClNO2. The molecule has 1 aromatic heterocycles. The molecule has 1 rings (SSSR count). The van der Waals surface area contributed by atoms with Gasteiger partial charge in [0.25, 0.3) is 0 Å². The van der Waals surface area contributed by atoms with Crippen molar-refractivity contribution < 1.29 is 9.53 Å². The van der Waals surface area contributed by atoms with E-state index in [1.165, 1.54) is 0 Å². The smallest absolute Gasteiger partial charge is 0.137 e. The third kappa shape index (κ3) is 4.29. The number of ketones is 1. The number of nitrogens with zero attached hydrogens (tertiary/aromatic N) is 1. The van der Waals surface area contributed by atoms with Gasteiger partial charge in [-0.25, -0.2) is 0 Å². The van der Waals surface area contributed by atoms with Gasteiger partial charge in [-0.1, -0.05) is 18.5 Å². The number of Topliss-reactive ketones (excluding diaryl/α,β-unsaturated/α-hetero) is 1. The molecule has 0 fully saturated rings. The molecular weight excluding hydrogens is 226 g/mol. The van der Waals surface area contributed by atoms with Gasteiger partial charge in [0, 0.05) is 39.0 Å². The molecule has 0 aliphatic carbocycles. The lowest BCUT2D eigenvalue weighted by molar-refractivity contribution is -0.119. The molecule has 0 saturated heterocycles. The predicted octanol–water partition coefficient (Wildman–Crippen LogP) is 2.52. The molecule has 0 radical (unpaired) electrons. The first-order valence-corrected chi connectivity index (χ1v) is 5.60. The average Bonchev–Trinajstić information content (AvgIpc) is 2.21. The third-order valence-corrected chi connectivity index (χ3v) is 2.61. The highest BCUT2D eigenvalue weighted by atomic mass is 35.5. The van der Waals surface area contributed by atoms with Gasteiger partial charge in [-0.15, -0.1) is 0 Å². The molecule has 1 heterocycles. The number of carbonyl (C=O) groups is 1. The van der Waals surface area contributed by atoms with Crippen LogP contribution in [0.2, 0.25) is 5.02 Å². The lowest BCUT2D eigenvalue weighted by Crippen LogP contribution is -2.12. The number of methoxy groups -OCH3 is 1. The molecule has 0 bridgehead atoms. The van der Waals surface area contributed by atoms with Gasteiger partial charge >= 0.3 is 0 Å². The lowest BCUT2D eigenvalue weighted by Gasteiger charge is -2.09. The maximum atomic E-state index is 11.7. The molecule has 0 aliphatic rings. The molecule has 4 heteroatoms. The normalized spacial score (nSPS) is 12.4. The van der Waals surface area contributed by atoms with E-state index in [0.29, 0.717) is 24.5 Å². The first-order valence-electron chi connectivity index (χ1n) is 5.22. The Bertz CT molecular complexity index is 355. The Labute approximate surface area is 101 Å². The minimum atomic E-state index is 0.178. The van der Waals surface area contributed by atoms with E-state index in [4.69, 9.17) is 16.3 Å². The van der Waals surface area contributed by atoms with E-state index in [9.17, 15) is 4.79 Å². The van der Waals surface area contributed by atoms with Crippen LogP contribution in [-0.2, 0) is 16.0 Å². The number of pyridine rings is 1. The number of hydrogen-bond donors (Lipinski definition) is 0. The molecule has 0 saturated carbocycles. The Morgan fingerprint density at radius 1 is 1.62 bits per heavy atom. The van der Waals surface area contributed by atoms with E-state index >= 15 is 0 Å². The van der Waals surface area contributed by atoms with Gasteiger partial charge < -0.3 is 4.74 Å². The van der Waals surface area contributed by atoms with E-state index in [2.05, 4.69) is 4.98 Å². The van der Waals surface area contributed by atoms with Gasteiger partial charge in [-0.3, -0.25) is 9.78 Å². The second-order valence-electron chi connectivity index (χ2n) is 3.95. The first kappa shape index (κ1) is 13.1. The zero-order valence-corrected chi connectivity index (χ0v) is 10.3. The predicted molar refractivity (Wildman–Crippen MR) is 63.6 cm³/mol. The maximum absolute atomic E-state index is 11.7. The van der Waals surface area contributed by atoms with Crippen molar-refractivity contribution in [2.45, 2.75) is 19.8 Å². The van der Waals surface area contributed by atoms with Crippen molar-refractivity contribution in [3.8, 4) is 0 Å². The Kier molecular flexibility index (Phi) is 5.43. The molecule has 1 unspecified atom stereocenters. The summed E-state index contributed by atoms with van der Waals surface area (Å²) in [6, 6.07) is 1.78. The Morgan fingerprint density at radius 2 is 2.38 bits per heavy atom. The maximum Gasteiger partial charge on any atom is 0.137 e. The molecule has 0 N–H and O–H groups in total. The van der Waals surface area contributed by atoms with Crippen LogP contribution in [0, 0.1) is 5.92 Å². The minimum Gasteiger partial charge on any atom is -0.384 e. The van der Waals surface area contributed by atoms with Crippen LogP contribution in [-0.4, -0.2) is 24.5 Å². The van der Waals surface area contributed by atoms with Gasteiger partial charge in [0.15, 0.2) is 0 Å². The summed E-state index contributed by atoms with van der Waals surface area (Å²) in [4.78, 5) is 15.6. The van der Waals surface area contributed by atoms with Crippen LogP contribution < -0.4 is 0 Å². The second kappa shape index (κ2) is 6.61. The van der Waals surface area contributed by atoms with Crippen molar-refractivity contribution in [1.29, 1.82) is 0 Å². The summed E-state index contributed by atoms with van der Waals surface area (Å²) in [6.07, 6.45) is 4.09. The monoisotopic (exact) mass is 241 g/mol. The number of carbonyl (C=O) groups excluding carboxylic acids is 1. The highest BCUT2D eigenvalue weighted by Crippen LogP contribution is 2.15. The van der Waals surface area contributed by atoms with Gasteiger partial charge in [-0.2, -0.15) is 0 Å². The van der Waals surface area contributed by atoms with E-state index < -0.39 is 0 Å². The Morgan fingerprint density at radius 3 is 3.00 bits per heavy atom. The molecule has 1 aromatic rings. The molecule has 0 spiro atoms. The lowest BCUT2D eigenvalue weighted by atomic mass is 10.0. The fourth-order valence-electron chi connectivity index (χ4n) is 1.56. The van der Waals surface area contributed by atoms with Gasteiger partial charge in [-0.05, 0) is 17.5 Å². The average molecular weight is 242 g/mol. The van der Waals surface area contributed by atoms with Crippen molar-refractivity contribution in [2.75, 3.05) is 13.7 Å². The highest BCUT2D eigenvalue weighted by Gasteiger charge is 2.11. The van der Waals surface area contributed by atoms with E-state index in [0.717, 1.165) is 5.56 Å². The summed E-state index contributed by atoms with van der Waals surface area (Å²) in [7, 11) is 1.64. The zero-order chi connectivity index (χ0) is 12.0. The summed E-state index contributed by atoms with van der Waals surface area (Å²) < 4.78 is 4.99. The largest absolute Gasteiger partial charge is 0.384 e. The van der Waals surface area contributed by atoms with Crippen molar-refractivity contribution in [3.05, 3.63) is 29.0 Å². The summed E-state index contributed by atoms with van der Waals surface area (Å²) in [6.45, 7) is 2.60. The van der Waals surface area contributed by atoms with E-state index in [-0.39, 0.29) is 11.7 Å². The SMILES string of the molecule is COCC(C)CC(=O)Cc1ccncc1Cl. The Hall–Kier alpha value is -0.930. The van der Waals surface area contributed by atoms with Gasteiger partial charge in [0.1, 0.15) is 5.78 Å². The number of rotatable bonds is 6. The van der Waals surface area contributed by atoms with Crippen molar-refractivity contribution in [3.63, 3.8) is 0 Å². The fourth-order valence-corrected chi connectivity index (χ4v) is 1.75. The number of halogens is 1. The molecule has 0 amide bonds. The summed E-state index contributed by atoms with van der Waals surface area (Å²) >= 11 is 5.93. The highest BCUT2D eigenvalue weighted by molar-refractivity contribution is 6.31. The molecule has 0 aliphatic heterocycles. The van der Waals surface area contributed by atoms with Gasteiger partial charge in [0.05, 0.1) is 5.02 Å². The minimum absolute atomic E-state index is 0.178. The van der Waals surface area contributed by atoms with E-state index in [1.807, 2.05) is 6.92 Å². The molecule has 3 nitrogen and oxygen atoms in total. The van der Waals surface area contributed by atoms with Crippen molar-refractivity contribution in [2.24, 2.45) is 5.92 Å². The van der Waals surface area contributed by atoms with Crippen LogP contribution >= 0.6 is 11.6 Å². The fraction of sp³-hybridized carbons (Fsp3) is 0.500. The van der Waals surface area contributed by atoms with Crippen LogP contribution in [0.3, 0.4) is 0 Å². The van der Waals surface area contributed by atoms with Crippen molar-refractivity contribution in [1.82, 2.24) is 4.98 Å². The summed E-state index contributed by atoms with van der Waals surface area (Å²) in [5.74, 6) is 0.427. The van der Waals surface area contributed by atoms with Crippen molar-refractivity contribution >= 4 is 17.4 Å². The second-order valence-corrected chi connectivity index (χ2v) is 4.35. The summed E-state index contributed by atoms with van der Waals surface area (Å²) in [5.41, 5.74) is 0.839. The quantitative estimate of drug-likeness (QED) is 0.768. The van der Waals surface area contributed by atoms with Crippen LogP contribution in [0.1, 0.15) is 18.9 Å². The molecule has 0 aromatic carbocycles. The molecule has 88 valence electrons. The van der Waals surface area contributed by atoms with Crippen LogP contribution in [0.4, 0.5) is 0 Å². The number of aromatic nitrogens is 1. The van der Waals surface area contributed by atoms with Gasteiger partial charge in [0.2, 0.25) is 0 Å². The third-order valence-electron chi connectivity index (χ3n) is 2.27. The van der Waals surface area contributed by atoms with Crippen LogP contribution in [0.15, 0.2) is 18.5 Å². The molecule has 16 heavy (non-hydrogen) atoms. The van der Waals surface area contributed by atoms with Crippen LogP contribution in [0.5, 0.6) is 0 Å². The summed E-state index contributed by atoms with van der Waals surface area (Å²) in [5, 5.41) is 0.551. The number of ether oxygens (including phenoxy) is 1. The number of hydrogen-bond acceptors (Lipinski definition) is 3.